The molecule has 126 valence electrons. The van der Waals surface area contributed by atoms with Crippen molar-refractivity contribution >= 4 is 17.9 Å². The summed E-state index contributed by atoms with van der Waals surface area (Å²) in [6, 6.07) is 10.7. The fraction of sp³-hybridized carbons (Fsp3) is 0.263. The fourth-order valence-electron chi connectivity index (χ4n) is 2.19. The van der Waals surface area contributed by atoms with E-state index in [9.17, 15) is 9.59 Å². The quantitative estimate of drug-likeness (QED) is 0.790. The summed E-state index contributed by atoms with van der Waals surface area (Å²) in [5, 5.41) is 2.73. The maximum Gasteiger partial charge on any atom is 0.262 e. The Morgan fingerprint density at radius 2 is 1.88 bits per heavy atom. The number of hydrogen-bond donors (Lipinski definition) is 1. The number of carbonyl (C=O) groups is 2. The topological polar surface area (TPSA) is 64.6 Å². The minimum atomic E-state index is -0.320. The van der Waals surface area contributed by atoms with Gasteiger partial charge in [-0.3, -0.25) is 9.59 Å². The zero-order valence-electron chi connectivity index (χ0n) is 14.1. The van der Waals surface area contributed by atoms with E-state index in [0.717, 1.165) is 17.4 Å². The van der Waals surface area contributed by atoms with Crippen LogP contribution in [0.5, 0.6) is 11.5 Å². The molecule has 24 heavy (non-hydrogen) atoms. The second-order valence-electron chi connectivity index (χ2n) is 5.41. The first-order valence-corrected chi connectivity index (χ1v) is 7.75. The van der Waals surface area contributed by atoms with Gasteiger partial charge < -0.3 is 14.8 Å². The van der Waals surface area contributed by atoms with Crippen molar-refractivity contribution in [2.24, 2.45) is 0 Å². The van der Waals surface area contributed by atoms with Crippen molar-refractivity contribution in [2.75, 3.05) is 18.5 Å². The molecule has 0 heterocycles. The molecule has 5 heteroatoms. The van der Waals surface area contributed by atoms with E-state index >= 15 is 0 Å². The Morgan fingerprint density at radius 3 is 2.58 bits per heavy atom. The van der Waals surface area contributed by atoms with Crippen LogP contribution in [0, 0.1) is 13.8 Å². The SMILES string of the molecule is CCOc1ccc(C=O)cc1NC(=O)COc1cc(C)ccc1C. The molecule has 1 amide bonds. The number of amides is 1. The highest BCUT2D eigenvalue weighted by atomic mass is 16.5. The highest BCUT2D eigenvalue weighted by molar-refractivity contribution is 5.94. The number of carbonyl (C=O) groups excluding carboxylic acids is 2. The monoisotopic (exact) mass is 327 g/mol. The lowest BCUT2D eigenvalue weighted by Gasteiger charge is -2.13. The summed E-state index contributed by atoms with van der Waals surface area (Å²) in [5.74, 6) is 0.875. The summed E-state index contributed by atoms with van der Waals surface area (Å²) in [5.41, 5.74) is 2.94. The van der Waals surface area contributed by atoms with Gasteiger partial charge in [0.05, 0.1) is 12.3 Å². The van der Waals surface area contributed by atoms with Gasteiger partial charge in [0.1, 0.15) is 17.8 Å². The van der Waals surface area contributed by atoms with Gasteiger partial charge >= 0.3 is 0 Å². The molecule has 0 unspecified atom stereocenters. The van der Waals surface area contributed by atoms with E-state index in [4.69, 9.17) is 9.47 Å². The van der Waals surface area contributed by atoms with Crippen molar-refractivity contribution in [3.63, 3.8) is 0 Å². The molecular formula is C19H21NO4. The average Bonchev–Trinajstić information content (AvgIpc) is 2.57. The van der Waals surface area contributed by atoms with E-state index in [1.807, 2.05) is 39.0 Å². The van der Waals surface area contributed by atoms with Crippen LogP contribution in [0.1, 0.15) is 28.4 Å². The number of benzene rings is 2. The maximum atomic E-state index is 12.2. The third-order valence-electron chi connectivity index (χ3n) is 3.42. The Morgan fingerprint density at radius 1 is 1.08 bits per heavy atom. The summed E-state index contributed by atoms with van der Waals surface area (Å²) in [6.07, 6.45) is 0.720. The van der Waals surface area contributed by atoms with Crippen LogP contribution in [0.25, 0.3) is 0 Å². The Labute approximate surface area is 141 Å². The van der Waals surface area contributed by atoms with Gasteiger partial charge in [0, 0.05) is 5.56 Å². The molecule has 0 saturated carbocycles. The van der Waals surface area contributed by atoms with E-state index in [-0.39, 0.29) is 12.5 Å². The average molecular weight is 327 g/mol. The summed E-state index contributed by atoms with van der Waals surface area (Å²) < 4.78 is 11.0. The minimum Gasteiger partial charge on any atom is -0.492 e. The second-order valence-corrected chi connectivity index (χ2v) is 5.41. The smallest absolute Gasteiger partial charge is 0.262 e. The molecule has 0 aromatic heterocycles. The molecular weight excluding hydrogens is 306 g/mol. The molecule has 2 aromatic rings. The maximum absolute atomic E-state index is 12.2. The molecule has 0 bridgehead atoms. The van der Waals surface area contributed by atoms with Gasteiger partial charge in [-0.15, -0.1) is 0 Å². The first kappa shape index (κ1) is 17.5. The molecule has 0 radical (unpaired) electrons. The summed E-state index contributed by atoms with van der Waals surface area (Å²) in [7, 11) is 0. The van der Waals surface area contributed by atoms with Crippen molar-refractivity contribution in [3.8, 4) is 11.5 Å². The molecule has 0 fully saturated rings. The number of rotatable bonds is 7. The Balaban J connectivity index is 2.06. The minimum absolute atomic E-state index is 0.124. The van der Waals surface area contributed by atoms with E-state index in [1.165, 1.54) is 0 Å². The number of ether oxygens (including phenoxy) is 2. The summed E-state index contributed by atoms with van der Waals surface area (Å²) in [6.45, 7) is 6.07. The van der Waals surface area contributed by atoms with Crippen LogP contribution in [-0.4, -0.2) is 25.4 Å². The molecule has 1 N–H and O–H groups in total. The van der Waals surface area contributed by atoms with Gasteiger partial charge in [-0.05, 0) is 56.2 Å². The first-order chi connectivity index (χ1) is 11.5. The van der Waals surface area contributed by atoms with Crippen LogP contribution in [0.15, 0.2) is 36.4 Å². The predicted octanol–water partition coefficient (Wildman–Crippen LogP) is 3.53. The number of aryl methyl sites for hydroxylation is 2. The van der Waals surface area contributed by atoms with Crippen molar-refractivity contribution in [3.05, 3.63) is 53.1 Å². The van der Waals surface area contributed by atoms with E-state index in [1.54, 1.807) is 18.2 Å². The molecule has 0 aliphatic rings. The van der Waals surface area contributed by atoms with Crippen molar-refractivity contribution < 1.29 is 19.1 Å². The van der Waals surface area contributed by atoms with Crippen LogP contribution in [0.2, 0.25) is 0 Å². The zero-order valence-corrected chi connectivity index (χ0v) is 14.1. The Kier molecular flexibility index (Phi) is 5.95. The molecule has 0 saturated heterocycles. The number of anilines is 1. The molecule has 2 rings (SSSR count). The van der Waals surface area contributed by atoms with Crippen LogP contribution >= 0.6 is 0 Å². The van der Waals surface area contributed by atoms with E-state index in [0.29, 0.717) is 29.4 Å². The molecule has 0 atom stereocenters. The van der Waals surface area contributed by atoms with Gasteiger partial charge in [0.15, 0.2) is 6.61 Å². The number of hydrogen-bond acceptors (Lipinski definition) is 4. The third-order valence-corrected chi connectivity index (χ3v) is 3.42. The Hall–Kier alpha value is -2.82. The van der Waals surface area contributed by atoms with Crippen LogP contribution < -0.4 is 14.8 Å². The fourth-order valence-corrected chi connectivity index (χ4v) is 2.19. The van der Waals surface area contributed by atoms with Crippen LogP contribution in [-0.2, 0) is 4.79 Å². The van der Waals surface area contributed by atoms with Gasteiger partial charge in [0.25, 0.3) is 5.91 Å². The largest absolute Gasteiger partial charge is 0.492 e. The highest BCUT2D eigenvalue weighted by Gasteiger charge is 2.10. The lowest BCUT2D eigenvalue weighted by atomic mass is 10.1. The first-order valence-electron chi connectivity index (χ1n) is 7.75. The second kappa shape index (κ2) is 8.15. The predicted molar refractivity (Wildman–Crippen MR) is 93.0 cm³/mol. The van der Waals surface area contributed by atoms with Crippen molar-refractivity contribution in [1.29, 1.82) is 0 Å². The van der Waals surface area contributed by atoms with E-state index < -0.39 is 0 Å². The zero-order chi connectivity index (χ0) is 17.5. The van der Waals surface area contributed by atoms with Crippen LogP contribution in [0.3, 0.4) is 0 Å². The Bertz CT molecular complexity index is 740. The lowest BCUT2D eigenvalue weighted by molar-refractivity contribution is -0.118. The van der Waals surface area contributed by atoms with Gasteiger partial charge in [-0.2, -0.15) is 0 Å². The van der Waals surface area contributed by atoms with Gasteiger partial charge in [-0.25, -0.2) is 0 Å². The standard InChI is InChI=1S/C19H21NO4/c1-4-23-17-8-7-15(11-21)10-16(17)20-19(22)12-24-18-9-13(2)5-6-14(18)3/h5-11H,4,12H2,1-3H3,(H,20,22). The molecule has 5 nitrogen and oxygen atoms in total. The van der Waals surface area contributed by atoms with E-state index in [2.05, 4.69) is 5.32 Å². The van der Waals surface area contributed by atoms with Gasteiger partial charge in [0.2, 0.25) is 0 Å². The number of aldehydes is 1. The lowest BCUT2D eigenvalue weighted by Crippen LogP contribution is -2.21. The van der Waals surface area contributed by atoms with Crippen molar-refractivity contribution in [2.45, 2.75) is 20.8 Å². The van der Waals surface area contributed by atoms with Crippen LogP contribution in [0.4, 0.5) is 5.69 Å². The molecule has 0 aliphatic carbocycles. The summed E-state index contributed by atoms with van der Waals surface area (Å²) >= 11 is 0. The third kappa shape index (κ3) is 4.59. The highest BCUT2D eigenvalue weighted by Crippen LogP contribution is 2.25. The number of nitrogens with one attached hydrogen (secondary N) is 1. The van der Waals surface area contributed by atoms with Gasteiger partial charge in [-0.1, -0.05) is 12.1 Å². The molecule has 0 spiro atoms. The van der Waals surface area contributed by atoms with Crippen molar-refractivity contribution in [1.82, 2.24) is 0 Å². The molecule has 0 aliphatic heterocycles. The summed E-state index contributed by atoms with van der Waals surface area (Å²) in [4.78, 5) is 23.1. The normalized spacial score (nSPS) is 10.1. The molecule has 2 aromatic carbocycles.